The second-order valence-corrected chi connectivity index (χ2v) is 5.27. The molecule has 1 atom stereocenters. The highest BCUT2D eigenvalue weighted by atomic mass is 19.1. The molecule has 22 heavy (non-hydrogen) atoms. The number of hydrogen-bond donors (Lipinski definition) is 2. The van der Waals surface area contributed by atoms with Gasteiger partial charge in [-0.15, -0.1) is 0 Å². The van der Waals surface area contributed by atoms with E-state index in [1.807, 2.05) is 0 Å². The number of hydrogen-bond acceptors (Lipinski definition) is 3. The van der Waals surface area contributed by atoms with Gasteiger partial charge in [-0.1, -0.05) is 0 Å². The van der Waals surface area contributed by atoms with E-state index in [9.17, 15) is 13.6 Å². The van der Waals surface area contributed by atoms with E-state index in [2.05, 4.69) is 10.4 Å². The van der Waals surface area contributed by atoms with Crippen molar-refractivity contribution in [2.45, 2.75) is 25.3 Å². The van der Waals surface area contributed by atoms with Crippen LogP contribution in [0.1, 0.15) is 30.1 Å². The monoisotopic (exact) mass is 306 g/mol. The summed E-state index contributed by atoms with van der Waals surface area (Å²) in [5.41, 5.74) is 7.21. The molecule has 3 rings (SSSR count). The molecule has 0 radical (unpaired) electrons. The molecule has 1 unspecified atom stereocenters. The van der Waals surface area contributed by atoms with Gasteiger partial charge in [-0.3, -0.25) is 4.79 Å². The third-order valence-electron chi connectivity index (χ3n) is 3.84. The summed E-state index contributed by atoms with van der Waals surface area (Å²) in [6.07, 6.45) is 3.98. The molecule has 0 spiro atoms. The van der Waals surface area contributed by atoms with Crippen LogP contribution in [0.5, 0.6) is 0 Å². The Kier molecular flexibility index (Phi) is 3.89. The molecule has 2 aromatic rings. The lowest BCUT2D eigenvalue weighted by Crippen LogP contribution is -2.35. The fourth-order valence-corrected chi connectivity index (χ4v) is 2.82. The van der Waals surface area contributed by atoms with Crippen molar-refractivity contribution >= 4 is 5.91 Å². The first-order valence-electron chi connectivity index (χ1n) is 7.12. The van der Waals surface area contributed by atoms with Crippen molar-refractivity contribution in [1.29, 1.82) is 0 Å². The maximum Gasteiger partial charge on any atom is 0.234 e. The molecular weight excluding hydrogens is 290 g/mol. The van der Waals surface area contributed by atoms with Crippen molar-refractivity contribution in [2.75, 3.05) is 6.54 Å². The summed E-state index contributed by atoms with van der Waals surface area (Å²) in [5, 5.41) is 7.06. The molecule has 1 amide bonds. The number of carbonyl (C=O) groups is 1. The molecular formula is C15H16F2N4O. The molecule has 0 saturated carbocycles. The molecule has 1 aromatic carbocycles. The van der Waals surface area contributed by atoms with Crippen molar-refractivity contribution < 1.29 is 13.6 Å². The van der Waals surface area contributed by atoms with Crippen molar-refractivity contribution in [2.24, 2.45) is 5.73 Å². The lowest BCUT2D eigenvalue weighted by molar-refractivity contribution is -0.120. The van der Waals surface area contributed by atoms with E-state index in [0.29, 0.717) is 0 Å². The van der Waals surface area contributed by atoms with Crippen LogP contribution in [0.4, 0.5) is 8.78 Å². The highest BCUT2D eigenvalue weighted by Gasteiger charge is 2.26. The predicted octanol–water partition coefficient (Wildman–Crippen LogP) is 1.60. The molecule has 116 valence electrons. The minimum absolute atomic E-state index is 0.0768. The lowest BCUT2D eigenvalue weighted by atomic mass is 9.93. The van der Waals surface area contributed by atoms with Gasteiger partial charge >= 0.3 is 0 Å². The normalized spacial score (nSPS) is 17.1. The average molecular weight is 306 g/mol. The van der Waals surface area contributed by atoms with E-state index in [1.54, 1.807) is 6.20 Å². The minimum Gasteiger partial charge on any atom is -0.348 e. The number of carbonyl (C=O) groups excluding carboxylic acids is 1. The second kappa shape index (κ2) is 5.84. The molecule has 5 nitrogen and oxygen atoms in total. The molecule has 1 aliphatic rings. The predicted molar refractivity (Wildman–Crippen MR) is 76.4 cm³/mol. The molecule has 7 heteroatoms. The largest absolute Gasteiger partial charge is 0.348 e. The van der Waals surface area contributed by atoms with Crippen molar-refractivity contribution in [1.82, 2.24) is 15.1 Å². The Morgan fingerprint density at radius 1 is 1.45 bits per heavy atom. The molecule has 3 N–H and O–H groups in total. The Hall–Kier alpha value is -2.28. The number of nitrogens with one attached hydrogen (secondary N) is 1. The van der Waals surface area contributed by atoms with E-state index in [-0.39, 0.29) is 24.2 Å². The van der Waals surface area contributed by atoms with Gasteiger partial charge in [0, 0.05) is 17.3 Å². The van der Waals surface area contributed by atoms with Crippen LogP contribution in [0, 0.1) is 11.6 Å². The second-order valence-electron chi connectivity index (χ2n) is 5.27. The maximum atomic E-state index is 14.0. The number of benzene rings is 1. The number of fused-ring (bicyclic) bond motifs is 1. The summed E-state index contributed by atoms with van der Waals surface area (Å²) in [6, 6.07) is 3.22. The van der Waals surface area contributed by atoms with Gasteiger partial charge in [0.1, 0.15) is 11.5 Å². The summed E-state index contributed by atoms with van der Waals surface area (Å²) in [6.45, 7) is -0.0768. The number of nitrogens with two attached hydrogens (primary N) is 1. The number of aromatic nitrogens is 2. The van der Waals surface area contributed by atoms with E-state index < -0.39 is 11.6 Å². The zero-order chi connectivity index (χ0) is 15.7. The van der Waals surface area contributed by atoms with E-state index >= 15 is 0 Å². The Balaban J connectivity index is 1.98. The van der Waals surface area contributed by atoms with Gasteiger partial charge in [0.25, 0.3) is 0 Å². The van der Waals surface area contributed by atoms with E-state index in [1.165, 1.54) is 16.8 Å². The summed E-state index contributed by atoms with van der Waals surface area (Å²) < 4.78 is 28.5. The third kappa shape index (κ3) is 2.59. The Morgan fingerprint density at radius 3 is 3.00 bits per heavy atom. The zero-order valence-corrected chi connectivity index (χ0v) is 11.9. The number of rotatable bonds is 3. The smallest absolute Gasteiger partial charge is 0.234 e. The quantitative estimate of drug-likeness (QED) is 0.904. The van der Waals surface area contributed by atoms with Gasteiger partial charge < -0.3 is 11.1 Å². The first-order valence-corrected chi connectivity index (χ1v) is 7.12. The van der Waals surface area contributed by atoms with Gasteiger partial charge in [-0.05, 0) is 31.4 Å². The summed E-state index contributed by atoms with van der Waals surface area (Å²) in [7, 11) is 0. The van der Waals surface area contributed by atoms with Crippen LogP contribution in [-0.2, 0) is 11.2 Å². The zero-order valence-electron chi connectivity index (χ0n) is 11.9. The van der Waals surface area contributed by atoms with E-state index in [4.69, 9.17) is 5.73 Å². The highest BCUT2D eigenvalue weighted by molar-refractivity contribution is 5.78. The van der Waals surface area contributed by atoms with Gasteiger partial charge in [-0.2, -0.15) is 5.10 Å². The first kappa shape index (κ1) is 14.6. The van der Waals surface area contributed by atoms with Gasteiger partial charge in [0.15, 0.2) is 5.82 Å². The molecule has 1 aliphatic carbocycles. The number of halogens is 2. The van der Waals surface area contributed by atoms with Crippen LogP contribution in [0.25, 0.3) is 5.69 Å². The summed E-state index contributed by atoms with van der Waals surface area (Å²) in [4.78, 5) is 11.5. The van der Waals surface area contributed by atoms with Crippen LogP contribution in [-0.4, -0.2) is 22.2 Å². The van der Waals surface area contributed by atoms with Crippen molar-refractivity contribution in [3.05, 3.63) is 47.3 Å². The lowest BCUT2D eigenvalue weighted by Gasteiger charge is -2.24. The van der Waals surface area contributed by atoms with Gasteiger partial charge in [0.2, 0.25) is 5.91 Å². The van der Waals surface area contributed by atoms with E-state index in [0.717, 1.165) is 36.6 Å². The van der Waals surface area contributed by atoms with Crippen LogP contribution < -0.4 is 11.1 Å². The topological polar surface area (TPSA) is 72.9 Å². The summed E-state index contributed by atoms with van der Waals surface area (Å²) in [5.74, 6) is -1.53. The fraction of sp³-hybridized carbons (Fsp3) is 0.333. The van der Waals surface area contributed by atoms with Crippen LogP contribution in [0.2, 0.25) is 0 Å². The summed E-state index contributed by atoms with van der Waals surface area (Å²) >= 11 is 0. The molecule has 0 fully saturated rings. The minimum atomic E-state index is -0.668. The average Bonchev–Trinajstić information content (AvgIpc) is 2.92. The molecule has 0 bridgehead atoms. The van der Waals surface area contributed by atoms with Crippen LogP contribution in [0.3, 0.4) is 0 Å². The Bertz CT molecular complexity index is 714. The van der Waals surface area contributed by atoms with Gasteiger partial charge in [-0.25, -0.2) is 13.5 Å². The van der Waals surface area contributed by atoms with Crippen molar-refractivity contribution in [3.63, 3.8) is 0 Å². The molecule has 0 saturated heterocycles. The number of nitrogens with zero attached hydrogens (tertiary/aromatic N) is 2. The van der Waals surface area contributed by atoms with Crippen molar-refractivity contribution in [3.8, 4) is 5.69 Å². The number of amides is 1. The molecule has 1 aromatic heterocycles. The van der Waals surface area contributed by atoms with Crippen LogP contribution >= 0.6 is 0 Å². The third-order valence-corrected chi connectivity index (χ3v) is 3.84. The highest BCUT2D eigenvalue weighted by Crippen LogP contribution is 2.31. The Morgan fingerprint density at radius 2 is 2.27 bits per heavy atom. The van der Waals surface area contributed by atoms with Gasteiger partial charge in [0.05, 0.1) is 18.8 Å². The fourth-order valence-electron chi connectivity index (χ4n) is 2.82. The Labute approximate surface area is 126 Å². The maximum absolute atomic E-state index is 14.0. The van der Waals surface area contributed by atoms with Crippen LogP contribution in [0.15, 0.2) is 24.4 Å². The first-order chi connectivity index (χ1) is 10.6. The standard InChI is InChI=1S/C15H16F2N4O/c16-9-4-5-14(11(17)6-9)21-13-3-1-2-12(10(13)8-19-21)20-15(22)7-18/h4-6,8,12H,1-3,7,18H2,(H,20,22). The molecule has 0 aliphatic heterocycles. The SMILES string of the molecule is NCC(=O)NC1CCCc2c1cnn2-c1ccc(F)cc1F. The molecule has 1 heterocycles.